The van der Waals surface area contributed by atoms with Crippen LogP contribution in [0.25, 0.3) is 0 Å². The van der Waals surface area contributed by atoms with Gasteiger partial charge >= 0.3 is 0 Å². The number of aromatic nitrogens is 2. The van der Waals surface area contributed by atoms with Crippen LogP contribution < -0.4 is 10.2 Å². The lowest BCUT2D eigenvalue weighted by Crippen LogP contribution is -2.37. The molecule has 1 saturated heterocycles. The van der Waals surface area contributed by atoms with Crippen LogP contribution in [-0.2, 0) is 0 Å². The first-order chi connectivity index (χ1) is 10.1. The Morgan fingerprint density at radius 3 is 2.62 bits per heavy atom. The van der Waals surface area contributed by atoms with E-state index in [2.05, 4.69) is 52.2 Å². The van der Waals surface area contributed by atoms with Gasteiger partial charge in [-0.05, 0) is 46.0 Å². The molecule has 21 heavy (non-hydrogen) atoms. The molecule has 5 nitrogen and oxygen atoms in total. The zero-order valence-corrected chi connectivity index (χ0v) is 14.4. The molecule has 0 spiro atoms. The van der Waals surface area contributed by atoms with Crippen LogP contribution in [0.15, 0.2) is 11.2 Å². The monoisotopic (exact) mass is 309 g/mol. The van der Waals surface area contributed by atoms with Crippen LogP contribution in [-0.4, -0.2) is 61.4 Å². The molecule has 0 bridgehead atoms. The molecule has 1 fully saturated rings. The zero-order chi connectivity index (χ0) is 15.2. The van der Waals surface area contributed by atoms with Crippen LogP contribution in [0, 0.1) is 5.92 Å². The Bertz CT molecular complexity index is 444. The molecule has 2 rings (SSSR count). The summed E-state index contributed by atoms with van der Waals surface area (Å²) in [6.07, 6.45) is 4.51. The Morgan fingerprint density at radius 2 is 2.05 bits per heavy atom. The van der Waals surface area contributed by atoms with E-state index in [1.165, 1.54) is 19.4 Å². The van der Waals surface area contributed by atoms with Crippen molar-refractivity contribution in [1.29, 1.82) is 0 Å². The minimum absolute atomic E-state index is 0.811. The molecule has 0 amide bonds. The predicted octanol–water partition coefficient (Wildman–Crippen LogP) is 2.41. The quantitative estimate of drug-likeness (QED) is 0.643. The van der Waals surface area contributed by atoms with E-state index in [1.54, 1.807) is 11.8 Å². The van der Waals surface area contributed by atoms with Crippen LogP contribution >= 0.6 is 11.8 Å². The van der Waals surface area contributed by atoms with Gasteiger partial charge in [-0.3, -0.25) is 0 Å². The van der Waals surface area contributed by atoms with Crippen molar-refractivity contribution in [2.45, 2.75) is 24.9 Å². The van der Waals surface area contributed by atoms with Gasteiger partial charge in [0.2, 0.25) is 0 Å². The third-order valence-electron chi connectivity index (χ3n) is 3.79. The lowest BCUT2D eigenvalue weighted by molar-refractivity contribution is 0.284. The summed E-state index contributed by atoms with van der Waals surface area (Å²) in [5.74, 6) is 2.81. The highest BCUT2D eigenvalue weighted by atomic mass is 32.2. The summed E-state index contributed by atoms with van der Waals surface area (Å²) in [5.41, 5.74) is 0. The molecule has 1 N–H and O–H groups in total. The smallest absolute Gasteiger partial charge is 0.191 e. The summed E-state index contributed by atoms with van der Waals surface area (Å²) in [7, 11) is 4.31. The summed E-state index contributed by atoms with van der Waals surface area (Å²) in [5, 5.41) is 4.14. The summed E-state index contributed by atoms with van der Waals surface area (Å²) in [6.45, 7) is 6.35. The van der Waals surface area contributed by atoms with Gasteiger partial charge in [0.15, 0.2) is 5.16 Å². The van der Waals surface area contributed by atoms with Crippen LogP contribution in [0.2, 0.25) is 0 Å². The summed E-state index contributed by atoms with van der Waals surface area (Å²) in [4.78, 5) is 13.9. The average Bonchev–Trinajstić information content (AvgIpc) is 2.47. The molecule has 0 aliphatic carbocycles. The van der Waals surface area contributed by atoms with Crippen molar-refractivity contribution >= 4 is 23.4 Å². The Kier molecular flexibility index (Phi) is 6.11. The second-order valence-electron chi connectivity index (χ2n) is 5.82. The molecule has 1 aromatic rings. The van der Waals surface area contributed by atoms with Gasteiger partial charge in [0.25, 0.3) is 0 Å². The highest BCUT2D eigenvalue weighted by Crippen LogP contribution is 2.25. The van der Waals surface area contributed by atoms with Gasteiger partial charge in [0.1, 0.15) is 11.6 Å². The maximum absolute atomic E-state index is 4.67. The van der Waals surface area contributed by atoms with Crippen LogP contribution in [0.5, 0.6) is 0 Å². The molecule has 0 radical (unpaired) electrons. The van der Waals surface area contributed by atoms with E-state index >= 15 is 0 Å². The fraction of sp³-hybridized carbons (Fsp3) is 0.733. The minimum Gasteiger partial charge on any atom is -0.370 e. The first-order valence-corrected chi connectivity index (χ1v) is 8.91. The van der Waals surface area contributed by atoms with E-state index in [9.17, 15) is 0 Å². The van der Waals surface area contributed by atoms with Crippen LogP contribution in [0.1, 0.15) is 19.8 Å². The van der Waals surface area contributed by atoms with Gasteiger partial charge in [-0.25, -0.2) is 9.97 Å². The van der Waals surface area contributed by atoms with Gasteiger partial charge in [-0.2, -0.15) is 0 Å². The van der Waals surface area contributed by atoms with Crippen molar-refractivity contribution in [2.24, 2.45) is 5.92 Å². The van der Waals surface area contributed by atoms with Gasteiger partial charge in [0, 0.05) is 32.2 Å². The third-order valence-corrected chi connectivity index (χ3v) is 4.34. The van der Waals surface area contributed by atoms with E-state index in [1.807, 2.05) is 6.26 Å². The normalized spacial score (nSPS) is 16.5. The number of nitrogens with zero attached hydrogens (tertiary/aromatic N) is 4. The molecule has 6 heteroatoms. The fourth-order valence-electron chi connectivity index (χ4n) is 2.80. The summed E-state index contributed by atoms with van der Waals surface area (Å²) in [6, 6.07) is 2.08. The van der Waals surface area contributed by atoms with Gasteiger partial charge in [-0.15, -0.1) is 0 Å². The number of rotatable bonds is 6. The summed E-state index contributed by atoms with van der Waals surface area (Å²) >= 11 is 1.60. The van der Waals surface area contributed by atoms with E-state index in [4.69, 9.17) is 0 Å². The Labute approximate surface area is 132 Å². The average molecular weight is 309 g/mol. The molecule has 0 atom stereocenters. The Morgan fingerprint density at radius 1 is 1.33 bits per heavy atom. The molecule has 1 aliphatic heterocycles. The lowest BCUT2D eigenvalue weighted by atomic mass is 9.96. The van der Waals surface area contributed by atoms with Crippen molar-refractivity contribution in [2.75, 3.05) is 56.7 Å². The largest absolute Gasteiger partial charge is 0.370 e. The topological polar surface area (TPSA) is 44.3 Å². The van der Waals surface area contributed by atoms with Gasteiger partial charge in [0.05, 0.1) is 0 Å². The van der Waals surface area contributed by atoms with Gasteiger partial charge in [-0.1, -0.05) is 11.8 Å². The number of thioether (sulfide) groups is 1. The maximum Gasteiger partial charge on any atom is 0.191 e. The second kappa shape index (κ2) is 7.84. The van der Waals surface area contributed by atoms with Crippen LogP contribution in [0.4, 0.5) is 11.6 Å². The highest BCUT2D eigenvalue weighted by Gasteiger charge is 2.21. The number of hydrogen-bond acceptors (Lipinski definition) is 6. The molecule has 1 aliphatic rings. The number of nitrogens with one attached hydrogen (secondary N) is 1. The first kappa shape index (κ1) is 16.4. The van der Waals surface area contributed by atoms with Gasteiger partial charge < -0.3 is 15.1 Å². The molecule has 118 valence electrons. The highest BCUT2D eigenvalue weighted by molar-refractivity contribution is 7.98. The maximum atomic E-state index is 4.67. The Hall–Kier alpha value is -1.01. The second-order valence-corrected chi connectivity index (χ2v) is 6.59. The van der Waals surface area contributed by atoms with Crippen molar-refractivity contribution in [3.63, 3.8) is 0 Å². The molecule has 0 aromatic carbocycles. The molecule has 0 unspecified atom stereocenters. The number of piperidine rings is 1. The molecule has 0 saturated carbocycles. The molecule has 1 aromatic heterocycles. The molecule has 2 heterocycles. The summed E-state index contributed by atoms with van der Waals surface area (Å²) < 4.78 is 0. The zero-order valence-electron chi connectivity index (χ0n) is 13.6. The van der Waals surface area contributed by atoms with E-state index < -0.39 is 0 Å². The Balaban J connectivity index is 2.03. The van der Waals surface area contributed by atoms with Crippen molar-refractivity contribution in [1.82, 2.24) is 14.9 Å². The molecular formula is C15H27N5S. The minimum atomic E-state index is 0.811. The van der Waals surface area contributed by atoms with Crippen molar-refractivity contribution in [3.8, 4) is 0 Å². The first-order valence-electron chi connectivity index (χ1n) is 7.69. The van der Waals surface area contributed by atoms with E-state index in [0.29, 0.717) is 0 Å². The van der Waals surface area contributed by atoms with Crippen LogP contribution in [0.3, 0.4) is 0 Å². The molecular weight excluding hydrogens is 282 g/mol. The van der Waals surface area contributed by atoms with Crippen molar-refractivity contribution in [3.05, 3.63) is 6.07 Å². The predicted molar refractivity (Wildman–Crippen MR) is 91.5 cm³/mol. The standard InChI is InChI=1S/C15H27N5S/c1-5-16-13-10-14(18-15(17-13)21-4)20-8-6-12(7-9-20)11-19(2)3/h10,12H,5-9,11H2,1-4H3,(H,16,17,18). The van der Waals surface area contributed by atoms with E-state index in [-0.39, 0.29) is 0 Å². The van der Waals surface area contributed by atoms with Crippen molar-refractivity contribution < 1.29 is 0 Å². The third kappa shape index (κ3) is 4.74. The lowest BCUT2D eigenvalue weighted by Gasteiger charge is -2.34. The fourth-order valence-corrected chi connectivity index (χ4v) is 3.17. The van der Waals surface area contributed by atoms with E-state index in [0.717, 1.165) is 42.3 Å². The SMILES string of the molecule is CCNc1cc(N2CCC(CN(C)C)CC2)nc(SC)n1. The number of hydrogen-bond donors (Lipinski definition) is 1. The number of anilines is 2.